The van der Waals surface area contributed by atoms with Crippen molar-refractivity contribution in [2.45, 2.75) is 49.5 Å². The van der Waals surface area contributed by atoms with Crippen molar-refractivity contribution < 1.29 is 19.0 Å². The summed E-state index contributed by atoms with van der Waals surface area (Å²) in [7, 11) is 4.90. The summed E-state index contributed by atoms with van der Waals surface area (Å²) < 4.78 is 16.7. The normalized spacial score (nSPS) is 20.4. The van der Waals surface area contributed by atoms with Gasteiger partial charge in [0.05, 0.1) is 36.8 Å². The lowest BCUT2D eigenvalue weighted by molar-refractivity contribution is -0.125. The van der Waals surface area contributed by atoms with Gasteiger partial charge in [-0.05, 0) is 99.2 Å². The van der Waals surface area contributed by atoms with Crippen molar-refractivity contribution in [2.24, 2.45) is 5.73 Å². The minimum Gasteiger partial charge on any atom is -0.493 e. The number of methoxy groups -OCH3 is 3. The summed E-state index contributed by atoms with van der Waals surface area (Å²) in [5.41, 5.74) is 8.71. The van der Waals surface area contributed by atoms with E-state index in [4.69, 9.17) is 43.1 Å². The Hall–Kier alpha value is -2.97. The van der Waals surface area contributed by atoms with Gasteiger partial charge in [0.2, 0.25) is 11.7 Å². The van der Waals surface area contributed by atoms with Crippen LogP contribution in [0.1, 0.15) is 48.8 Å². The summed E-state index contributed by atoms with van der Waals surface area (Å²) in [6.07, 6.45) is 4.56. The van der Waals surface area contributed by atoms with E-state index < -0.39 is 5.41 Å². The van der Waals surface area contributed by atoms with E-state index in [9.17, 15) is 4.79 Å². The van der Waals surface area contributed by atoms with Crippen molar-refractivity contribution in [3.63, 3.8) is 0 Å². The van der Waals surface area contributed by atoms with Crippen LogP contribution in [0.15, 0.2) is 60.7 Å². The van der Waals surface area contributed by atoms with Crippen LogP contribution in [-0.4, -0.2) is 69.8 Å². The van der Waals surface area contributed by atoms with E-state index in [2.05, 4.69) is 21.9 Å². The van der Waals surface area contributed by atoms with Crippen molar-refractivity contribution in [1.82, 2.24) is 9.80 Å². The zero-order valence-corrected chi connectivity index (χ0v) is 27.4. The van der Waals surface area contributed by atoms with Crippen LogP contribution in [0.3, 0.4) is 0 Å². The van der Waals surface area contributed by atoms with Gasteiger partial charge in [0.1, 0.15) is 0 Å². The molecule has 44 heavy (non-hydrogen) atoms. The Morgan fingerprint density at radius 1 is 0.818 bits per heavy atom. The van der Waals surface area contributed by atoms with Crippen molar-refractivity contribution in [3.05, 3.63) is 87.4 Å². The third kappa shape index (κ3) is 6.66. The number of amides is 1. The van der Waals surface area contributed by atoms with Crippen molar-refractivity contribution in [1.29, 1.82) is 0 Å². The van der Waals surface area contributed by atoms with E-state index in [0.717, 1.165) is 82.5 Å². The molecule has 9 heteroatoms. The summed E-state index contributed by atoms with van der Waals surface area (Å²) in [5, 5.41) is 1.16. The third-order valence-electron chi connectivity index (χ3n) is 9.73. The van der Waals surface area contributed by atoms with Crippen LogP contribution in [0.25, 0.3) is 0 Å². The molecular weight excluding hydrogens is 597 g/mol. The zero-order valence-electron chi connectivity index (χ0n) is 25.9. The number of hydrogen-bond donors (Lipinski definition) is 1. The van der Waals surface area contributed by atoms with Crippen LogP contribution >= 0.6 is 23.2 Å². The second kappa shape index (κ2) is 14.0. The highest BCUT2D eigenvalue weighted by Gasteiger charge is 2.42. The summed E-state index contributed by atoms with van der Waals surface area (Å²) in [6, 6.07) is 20.2. The highest BCUT2D eigenvalue weighted by molar-refractivity contribution is 6.42. The maximum atomic E-state index is 12.6. The number of benzene rings is 3. The molecule has 2 N–H and O–H groups in total. The molecule has 3 aromatic carbocycles. The molecule has 0 radical (unpaired) electrons. The molecule has 2 fully saturated rings. The van der Waals surface area contributed by atoms with E-state index in [1.54, 1.807) is 21.3 Å². The molecule has 2 heterocycles. The average molecular weight is 641 g/mol. The monoisotopic (exact) mass is 639 g/mol. The van der Waals surface area contributed by atoms with E-state index in [0.29, 0.717) is 27.3 Å². The van der Waals surface area contributed by atoms with Crippen molar-refractivity contribution in [2.75, 3.05) is 54.1 Å². The quantitative estimate of drug-likeness (QED) is 0.245. The minimum atomic E-state index is -0.586. The van der Waals surface area contributed by atoms with Crippen molar-refractivity contribution in [3.8, 4) is 17.2 Å². The maximum absolute atomic E-state index is 12.6. The minimum absolute atomic E-state index is 0.0499. The number of nitrogens with two attached hydrogens (primary N) is 1. The molecule has 1 unspecified atom stereocenters. The molecule has 236 valence electrons. The molecule has 1 atom stereocenters. The lowest BCUT2D eigenvalue weighted by Crippen LogP contribution is -2.50. The first-order valence-electron chi connectivity index (χ1n) is 15.3. The molecule has 5 rings (SSSR count). The predicted molar refractivity (Wildman–Crippen MR) is 176 cm³/mol. The number of nitrogens with zero attached hydrogens (tertiary/aromatic N) is 2. The van der Waals surface area contributed by atoms with Crippen LogP contribution < -0.4 is 19.9 Å². The van der Waals surface area contributed by atoms with Crippen molar-refractivity contribution >= 4 is 29.1 Å². The Morgan fingerprint density at radius 3 is 2.07 bits per heavy atom. The number of hydrogen-bond acceptors (Lipinski definition) is 6. The van der Waals surface area contributed by atoms with E-state index >= 15 is 0 Å². The highest BCUT2D eigenvalue weighted by Crippen LogP contribution is 2.43. The summed E-state index contributed by atoms with van der Waals surface area (Å²) in [5.74, 6) is 1.69. The largest absolute Gasteiger partial charge is 0.493 e. The van der Waals surface area contributed by atoms with Gasteiger partial charge in [-0.3, -0.25) is 9.69 Å². The molecular formula is C35H43Cl2N3O4. The second-order valence-corrected chi connectivity index (χ2v) is 13.0. The maximum Gasteiger partial charge on any atom is 0.228 e. The summed E-state index contributed by atoms with van der Waals surface area (Å²) in [4.78, 5) is 17.6. The van der Waals surface area contributed by atoms with E-state index in [1.165, 1.54) is 5.56 Å². The highest BCUT2D eigenvalue weighted by atomic mass is 35.5. The Morgan fingerprint density at radius 2 is 1.48 bits per heavy atom. The number of halogens is 2. The van der Waals surface area contributed by atoms with Gasteiger partial charge < -0.3 is 24.8 Å². The molecule has 0 bridgehead atoms. The number of carbonyl (C=O) groups is 1. The molecule has 7 nitrogen and oxygen atoms in total. The Kier molecular flexibility index (Phi) is 10.3. The molecule has 2 aliphatic heterocycles. The number of rotatable bonds is 12. The first-order chi connectivity index (χ1) is 21.2. The Balaban J connectivity index is 1.28. The fraction of sp³-hybridized carbons (Fsp3) is 0.457. The predicted octanol–water partition coefficient (Wildman–Crippen LogP) is 6.46. The standard InChI is InChI=1S/C35H43Cl2N3O4/c1-42-30-20-25(21-31(43-2)32(30)44-3)23-40-17-13-34(24-40,27-10-11-28(36)29(37)22-27)12-7-16-39-18-14-35(15-19-39,33(38)41)26-8-5-4-6-9-26/h4-6,8-11,20-22H,7,12-19,23-24H2,1-3H3,(H2,38,41). The molecule has 3 aromatic rings. The van der Waals surface area contributed by atoms with E-state index in [1.807, 2.05) is 48.5 Å². The zero-order chi connectivity index (χ0) is 31.3. The first kappa shape index (κ1) is 32.4. The van der Waals surface area contributed by atoms with Gasteiger partial charge in [0.15, 0.2) is 11.5 Å². The summed E-state index contributed by atoms with van der Waals surface area (Å²) in [6.45, 7) is 5.30. The van der Waals surface area contributed by atoms with Crippen LogP contribution in [-0.2, 0) is 22.2 Å². The lowest BCUT2D eigenvalue weighted by atomic mass is 9.72. The Labute approximate surface area is 271 Å². The third-order valence-corrected chi connectivity index (χ3v) is 10.5. The molecule has 0 aliphatic carbocycles. The SMILES string of the molecule is COc1cc(CN2CCC(CCCN3CCC(C(N)=O)(c4ccccc4)CC3)(c3ccc(Cl)c(Cl)c3)C2)cc(OC)c1OC. The van der Waals surface area contributed by atoms with Gasteiger partial charge in [-0.2, -0.15) is 0 Å². The van der Waals surface area contributed by atoms with Gasteiger partial charge in [0.25, 0.3) is 0 Å². The molecule has 2 aliphatic rings. The van der Waals surface area contributed by atoms with Crippen LogP contribution in [0, 0.1) is 0 Å². The second-order valence-electron chi connectivity index (χ2n) is 12.2. The van der Waals surface area contributed by atoms with Gasteiger partial charge in [-0.25, -0.2) is 0 Å². The number of carbonyl (C=O) groups excluding carboxylic acids is 1. The number of primary amides is 1. The number of ether oxygens (including phenoxy) is 3. The van der Waals surface area contributed by atoms with Gasteiger partial charge in [0, 0.05) is 18.5 Å². The van der Waals surface area contributed by atoms with Gasteiger partial charge >= 0.3 is 0 Å². The molecule has 1 amide bonds. The molecule has 0 aromatic heterocycles. The topological polar surface area (TPSA) is 77.3 Å². The van der Waals surface area contributed by atoms with Crippen LogP contribution in [0.4, 0.5) is 0 Å². The van der Waals surface area contributed by atoms with Gasteiger partial charge in [-0.15, -0.1) is 0 Å². The van der Waals surface area contributed by atoms with E-state index in [-0.39, 0.29) is 11.3 Å². The van der Waals surface area contributed by atoms with Crippen LogP contribution in [0.5, 0.6) is 17.2 Å². The number of likely N-dealkylation sites (tertiary alicyclic amines) is 2. The smallest absolute Gasteiger partial charge is 0.228 e. The fourth-order valence-electron chi connectivity index (χ4n) is 7.22. The average Bonchev–Trinajstić information content (AvgIpc) is 3.45. The van der Waals surface area contributed by atoms with Crippen LogP contribution in [0.2, 0.25) is 10.0 Å². The van der Waals surface area contributed by atoms with Gasteiger partial charge in [-0.1, -0.05) is 59.6 Å². The first-order valence-corrected chi connectivity index (χ1v) is 16.0. The summed E-state index contributed by atoms with van der Waals surface area (Å²) >= 11 is 12.9. The lowest BCUT2D eigenvalue weighted by Gasteiger charge is -2.40. The molecule has 2 saturated heterocycles. The Bertz CT molecular complexity index is 1420. The fourth-order valence-corrected chi connectivity index (χ4v) is 7.52. The number of piperidine rings is 1. The molecule has 0 saturated carbocycles. The molecule has 0 spiro atoms.